The van der Waals surface area contributed by atoms with Gasteiger partial charge in [0.1, 0.15) is 0 Å². The molecule has 0 unspecified atom stereocenters. The third-order valence-corrected chi connectivity index (χ3v) is 2.80. The number of hydrogen-bond acceptors (Lipinski definition) is 5. The number of morpholine rings is 1. The lowest BCUT2D eigenvalue weighted by molar-refractivity contribution is -0.0104. The first kappa shape index (κ1) is 13.0. The Morgan fingerprint density at radius 3 is 3.06 bits per heavy atom. The van der Waals surface area contributed by atoms with E-state index in [1.807, 2.05) is 4.90 Å². The van der Waals surface area contributed by atoms with Crippen molar-refractivity contribution in [3.63, 3.8) is 0 Å². The van der Waals surface area contributed by atoms with Crippen LogP contribution in [0.4, 0.5) is 10.2 Å². The fourth-order valence-corrected chi connectivity index (χ4v) is 1.95. The SMILES string of the molecule is COC[C@H]1CN(c2nc(OC)ccc2F)CCO1. The maximum absolute atomic E-state index is 13.8. The van der Waals surface area contributed by atoms with E-state index in [0.29, 0.717) is 38.0 Å². The second-order valence-corrected chi connectivity index (χ2v) is 4.05. The number of rotatable bonds is 4. The quantitative estimate of drug-likeness (QED) is 0.806. The fraction of sp³-hybridized carbons (Fsp3) is 0.583. The standard InChI is InChI=1S/C12H17FN2O3/c1-16-8-9-7-15(5-6-18-9)12-10(13)3-4-11(14-12)17-2/h3-4,9H,5-8H2,1-2H3/t9-/m1/s1. The minimum absolute atomic E-state index is 0.0591. The van der Waals surface area contributed by atoms with Crippen LogP contribution in [0, 0.1) is 5.82 Å². The van der Waals surface area contributed by atoms with Gasteiger partial charge in [0.15, 0.2) is 11.6 Å². The van der Waals surface area contributed by atoms with E-state index in [9.17, 15) is 4.39 Å². The highest BCUT2D eigenvalue weighted by Gasteiger charge is 2.23. The molecule has 0 N–H and O–H groups in total. The normalized spacial score (nSPS) is 19.9. The van der Waals surface area contributed by atoms with Crippen LogP contribution in [-0.4, -0.2) is 51.6 Å². The van der Waals surface area contributed by atoms with Crippen LogP contribution in [0.15, 0.2) is 12.1 Å². The molecule has 1 aromatic rings. The molecule has 0 amide bonds. The molecule has 1 aliphatic heterocycles. The zero-order chi connectivity index (χ0) is 13.0. The van der Waals surface area contributed by atoms with E-state index in [1.54, 1.807) is 7.11 Å². The number of ether oxygens (including phenoxy) is 3. The molecule has 0 aromatic carbocycles. The average Bonchev–Trinajstić information content (AvgIpc) is 2.40. The maximum atomic E-state index is 13.8. The van der Waals surface area contributed by atoms with Crippen LogP contribution in [0.1, 0.15) is 0 Å². The van der Waals surface area contributed by atoms with Gasteiger partial charge in [-0.05, 0) is 6.07 Å². The fourth-order valence-electron chi connectivity index (χ4n) is 1.95. The third kappa shape index (κ3) is 2.88. The van der Waals surface area contributed by atoms with Crippen LogP contribution in [0.3, 0.4) is 0 Å². The molecule has 100 valence electrons. The number of methoxy groups -OCH3 is 2. The van der Waals surface area contributed by atoms with Crippen molar-refractivity contribution in [2.24, 2.45) is 0 Å². The molecule has 0 aliphatic carbocycles. The van der Waals surface area contributed by atoms with Gasteiger partial charge in [0.2, 0.25) is 5.88 Å². The van der Waals surface area contributed by atoms with Gasteiger partial charge in [-0.3, -0.25) is 0 Å². The van der Waals surface area contributed by atoms with Gasteiger partial charge < -0.3 is 19.1 Å². The second-order valence-electron chi connectivity index (χ2n) is 4.05. The van der Waals surface area contributed by atoms with E-state index in [0.717, 1.165) is 0 Å². The average molecular weight is 256 g/mol. The van der Waals surface area contributed by atoms with Gasteiger partial charge in [-0.25, -0.2) is 4.39 Å². The Kier molecular flexibility index (Phi) is 4.33. The Labute approximate surface area is 105 Å². The van der Waals surface area contributed by atoms with Gasteiger partial charge >= 0.3 is 0 Å². The first-order valence-electron chi connectivity index (χ1n) is 5.80. The first-order valence-corrected chi connectivity index (χ1v) is 5.80. The number of aromatic nitrogens is 1. The summed E-state index contributed by atoms with van der Waals surface area (Å²) in [5.41, 5.74) is 0. The van der Waals surface area contributed by atoms with Crippen LogP contribution in [0.5, 0.6) is 5.88 Å². The van der Waals surface area contributed by atoms with Crippen molar-refractivity contribution < 1.29 is 18.6 Å². The lowest BCUT2D eigenvalue weighted by Crippen LogP contribution is -2.45. The highest BCUT2D eigenvalue weighted by Crippen LogP contribution is 2.22. The lowest BCUT2D eigenvalue weighted by Gasteiger charge is -2.33. The van der Waals surface area contributed by atoms with E-state index < -0.39 is 0 Å². The van der Waals surface area contributed by atoms with Crippen molar-refractivity contribution in [2.45, 2.75) is 6.10 Å². The molecule has 6 heteroatoms. The maximum Gasteiger partial charge on any atom is 0.215 e. The third-order valence-electron chi connectivity index (χ3n) is 2.80. The van der Waals surface area contributed by atoms with Crippen LogP contribution in [0.2, 0.25) is 0 Å². The first-order chi connectivity index (χ1) is 8.74. The molecule has 2 heterocycles. The second kappa shape index (κ2) is 5.97. The Bertz CT molecular complexity index is 401. The van der Waals surface area contributed by atoms with Crippen molar-refractivity contribution in [3.05, 3.63) is 17.9 Å². The molecule has 2 rings (SSSR count). The summed E-state index contributed by atoms with van der Waals surface area (Å²) in [4.78, 5) is 5.99. The summed E-state index contributed by atoms with van der Waals surface area (Å²) < 4.78 is 29.4. The van der Waals surface area contributed by atoms with E-state index in [-0.39, 0.29) is 11.9 Å². The van der Waals surface area contributed by atoms with Gasteiger partial charge in [0.05, 0.1) is 26.4 Å². The molecule has 1 aliphatic rings. The Morgan fingerprint density at radius 1 is 1.50 bits per heavy atom. The minimum atomic E-state index is -0.353. The minimum Gasteiger partial charge on any atom is -0.481 e. The van der Waals surface area contributed by atoms with Gasteiger partial charge in [-0.2, -0.15) is 4.98 Å². The van der Waals surface area contributed by atoms with E-state index in [4.69, 9.17) is 14.2 Å². The Morgan fingerprint density at radius 2 is 2.33 bits per heavy atom. The Hall–Kier alpha value is -1.40. The molecular weight excluding hydrogens is 239 g/mol. The highest BCUT2D eigenvalue weighted by molar-refractivity contribution is 5.43. The van der Waals surface area contributed by atoms with Gasteiger partial charge in [-0.1, -0.05) is 0 Å². The van der Waals surface area contributed by atoms with E-state index in [1.165, 1.54) is 19.2 Å². The molecule has 0 radical (unpaired) electrons. The number of hydrogen-bond donors (Lipinski definition) is 0. The molecule has 0 spiro atoms. The summed E-state index contributed by atoms with van der Waals surface area (Å²) in [5.74, 6) is 0.355. The predicted octanol–water partition coefficient (Wildman–Crippen LogP) is 1.08. The Balaban J connectivity index is 2.14. The van der Waals surface area contributed by atoms with Crippen molar-refractivity contribution >= 4 is 5.82 Å². The van der Waals surface area contributed by atoms with Crippen LogP contribution >= 0.6 is 0 Å². The predicted molar refractivity (Wildman–Crippen MR) is 64.6 cm³/mol. The van der Waals surface area contributed by atoms with Gasteiger partial charge in [-0.15, -0.1) is 0 Å². The molecule has 5 nitrogen and oxygen atoms in total. The van der Waals surface area contributed by atoms with Crippen LogP contribution in [-0.2, 0) is 9.47 Å². The van der Waals surface area contributed by atoms with Crippen LogP contribution < -0.4 is 9.64 Å². The molecule has 1 saturated heterocycles. The molecule has 18 heavy (non-hydrogen) atoms. The summed E-state index contributed by atoms with van der Waals surface area (Å²) in [6, 6.07) is 2.87. The summed E-state index contributed by atoms with van der Waals surface area (Å²) in [6.45, 7) is 2.19. The summed E-state index contributed by atoms with van der Waals surface area (Å²) in [6.07, 6.45) is -0.0591. The zero-order valence-electron chi connectivity index (χ0n) is 10.6. The monoisotopic (exact) mass is 256 g/mol. The number of halogens is 1. The van der Waals surface area contributed by atoms with Crippen molar-refractivity contribution in [1.29, 1.82) is 0 Å². The van der Waals surface area contributed by atoms with Crippen molar-refractivity contribution in [3.8, 4) is 5.88 Å². The molecule has 0 saturated carbocycles. The van der Waals surface area contributed by atoms with Crippen LogP contribution in [0.25, 0.3) is 0 Å². The molecule has 1 atom stereocenters. The van der Waals surface area contributed by atoms with E-state index in [2.05, 4.69) is 4.98 Å². The summed E-state index contributed by atoms with van der Waals surface area (Å²) >= 11 is 0. The van der Waals surface area contributed by atoms with E-state index >= 15 is 0 Å². The largest absolute Gasteiger partial charge is 0.481 e. The summed E-state index contributed by atoms with van der Waals surface area (Å²) in [7, 11) is 3.13. The molecule has 0 bridgehead atoms. The number of pyridine rings is 1. The molecular formula is C12H17FN2O3. The topological polar surface area (TPSA) is 43.8 Å². The molecule has 1 fully saturated rings. The summed E-state index contributed by atoms with van der Waals surface area (Å²) in [5, 5.41) is 0. The van der Waals surface area contributed by atoms with Crippen molar-refractivity contribution in [1.82, 2.24) is 4.98 Å². The smallest absolute Gasteiger partial charge is 0.215 e. The van der Waals surface area contributed by atoms with Gasteiger partial charge in [0, 0.05) is 26.3 Å². The zero-order valence-corrected chi connectivity index (χ0v) is 10.6. The highest BCUT2D eigenvalue weighted by atomic mass is 19.1. The molecule has 1 aromatic heterocycles. The number of nitrogens with zero attached hydrogens (tertiary/aromatic N) is 2. The lowest BCUT2D eigenvalue weighted by atomic mass is 10.2. The number of anilines is 1. The van der Waals surface area contributed by atoms with Gasteiger partial charge in [0.25, 0.3) is 0 Å². The van der Waals surface area contributed by atoms with Crippen molar-refractivity contribution in [2.75, 3.05) is 45.4 Å².